The Bertz CT molecular complexity index is 273. The van der Waals surface area contributed by atoms with Gasteiger partial charge in [-0.2, -0.15) is 0 Å². The lowest BCUT2D eigenvalue weighted by atomic mass is 10.2. The Morgan fingerprint density at radius 2 is 2.36 bits per heavy atom. The Balaban J connectivity index is 2.96. The maximum atomic E-state index is 11.1. The summed E-state index contributed by atoms with van der Waals surface area (Å²) in [7, 11) is 0. The second-order valence-electron chi connectivity index (χ2n) is 2.12. The summed E-state index contributed by atoms with van der Waals surface area (Å²) in [5.74, 6) is 0.0753. The molecule has 0 fully saturated rings. The molecule has 1 heterocycles. The van der Waals surface area contributed by atoms with Crippen LogP contribution in [0.3, 0.4) is 0 Å². The standard InChI is InChI=1S/C8H8BrNO/c1-2-7(11)6-4-3-5-8(9)10-6/h3-5H,2H2,1H3. The zero-order valence-corrected chi connectivity index (χ0v) is 7.76. The highest BCUT2D eigenvalue weighted by molar-refractivity contribution is 9.10. The highest BCUT2D eigenvalue weighted by atomic mass is 79.9. The second-order valence-corrected chi connectivity index (χ2v) is 2.93. The van der Waals surface area contributed by atoms with E-state index in [-0.39, 0.29) is 5.78 Å². The van der Waals surface area contributed by atoms with Gasteiger partial charge in [0.25, 0.3) is 0 Å². The van der Waals surface area contributed by atoms with E-state index in [1.165, 1.54) is 0 Å². The summed E-state index contributed by atoms with van der Waals surface area (Å²) in [5, 5.41) is 0. The van der Waals surface area contributed by atoms with Crippen molar-refractivity contribution in [3.05, 3.63) is 28.5 Å². The van der Waals surface area contributed by atoms with Crippen molar-refractivity contribution in [2.45, 2.75) is 13.3 Å². The maximum Gasteiger partial charge on any atom is 0.180 e. The minimum atomic E-state index is 0.0753. The Labute approximate surface area is 73.8 Å². The first-order chi connectivity index (χ1) is 5.24. The zero-order valence-electron chi connectivity index (χ0n) is 6.17. The molecule has 58 valence electrons. The van der Waals surface area contributed by atoms with Gasteiger partial charge in [-0.25, -0.2) is 4.98 Å². The number of nitrogens with zero attached hydrogens (tertiary/aromatic N) is 1. The van der Waals surface area contributed by atoms with E-state index >= 15 is 0 Å². The molecule has 0 aliphatic rings. The fourth-order valence-electron chi connectivity index (χ4n) is 0.745. The quantitative estimate of drug-likeness (QED) is 0.559. The third kappa shape index (κ3) is 2.12. The van der Waals surface area contributed by atoms with Gasteiger partial charge in [-0.15, -0.1) is 0 Å². The van der Waals surface area contributed by atoms with Gasteiger partial charge in [0.15, 0.2) is 5.78 Å². The van der Waals surface area contributed by atoms with E-state index in [0.29, 0.717) is 16.7 Å². The third-order valence-electron chi connectivity index (χ3n) is 1.32. The molecule has 0 bridgehead atoms. The number of ketones is 1. The van der Waals surface area contributed by atoms with E-state index in [0.717, 1.165) is 0 Å². The molecule has 0 aliphatic carbocycles. The van der Waals surface area contributed by atoms with Crippen molar-refractivity contribution in [1.82, 2.24) is 4.98 Å². The molecule has 1 aromatic heterocycles. The minimum absolute atomic E-state index is 0.0753. The first-order valence-corrected chi connectivity index (χ1v) is 4.19. The number of hydrogen-bond donors (Lipinski definition) is 0. The predicted octanol–water partition coefficient (Wildman–Crippen LogP) is 2.44. The van der Waals surface area contributed by atoms with Crippen LogP contribution in [0.25, 0.3) is 0 Å². The number of carbonyl (C=O) groups is 1. The van der Waals surface area contributed by atoms with Crippen LogP contribution in [0.15, 0.2) is 22.8 Å². The molecule has 0 saturated heterocycles. The highest BCUT2D eigenvalue weighted by Crippen LogP contribution is 2.07. The van der Waals surface area contributed by atoms with Crippen molar-refractivity contribution in [1.29, 1.82) is 0 Å². The lowest BCUT2D eigenvalue weighted by Gasteiger charge is -1.95. The number of carbonyl (C=O) groups excluding carboxylic acids is 1. The van der Waals surface area contributed by atoms with Gasteiger partial charge in [0.1, 0.15) is 10.3 Å². The van der Waals surface area contributed by atoms with Gasteiger partial charge >= 0.3 is 0 Å². The number of pyridine rings is 1. The molecule has 0 amide bonds. The van der Waals surface area contributed by atoms with Crippen molar-refractivity contribution < 1.29 is 4.79 Å². The number of Topliss-reactive ketones (excluding diaryl/α,β-unsaturated/α-hetero) is 1. The van der Waals surface area contributed by atoms with Gasteiger partial charge in [0.2, 0.25) is 0 Å². The van der Waals surface area contributed by atoms with Crippen LogP contribution in [0.5, 0.6) is 0 Å². The molecule has 0 N–H and O–H groups in total. The van der Waals surface area contributed by atoms with Crippen molar-refractivity contribution in [2.75, 3.05) is 0 Å². The number of rotatable bonds is 2. The molecule has 0 atom stereocenters. The predicted molar refractivity (Wildman–Crippen MR) is 46.6 cm³/mol. The summed E-state index contributed by atoms with van der Waals surface area (Å²) in [5.41, 5.74) is 0.530. The van der Waals surface area contributed by atoms with E-state index in [2.05, 4.69) is 20.9 Å². The molecule has 1 rings (SSSR count). The summed E-state index contributed by atoms with van der Waals surface area (Å²) in [6.07, 6.45) is 0.503. The SMILES string of the molecule is CCC(=O)c1cccc(Br)n1. The highest BCUT2D eigenvalue weighted by Gasteiger charge is 2.03. The van der Waals surface area contributed by atoms with Gasteiger partial charge in [-0.05, 0) is 28.1 Å². The number of halogens is 1. The van der Waals surface area contributed by atoms with Crippen LogP contribution in [0.1, 0.15) is 23.8 Å². The van der Waals surface area contributed by atoms with Crippen molar-refractivity contribution in [3.63, 3.8) is 0 Å². The molecular weight excluding hydrogens is 206 g/mol. The normalized spacial score (nSPS) is 9.64. The topological polar surface area (TPSA) is 30.0 Å². The van der Waals surface area contributed by atoms with Gasteiger partial charge in [-0.1, -0.05) is 13.0 Å². The molecule has 0 unspecified atom stereocenters. The summed E-state index contributed by atoms with van der Waals surface area (Å²) in [6.45, 7) is 1.82. The van der Waals surface area contributed by atoms with Gasteiger partial charge in [0, 0.05) is 6.42 Å². The Hall–Kier alpha value is -0.700. The number of aromatic nitrogens is 1. The lowest BCUT2D eigenvalue weighted by molar-refractivity contribution is 0.0983. The number of hydrogen-bond acceptors (Lipinski definition) is 2. The van der Waals surface area contributed by atoms with Crippen molar-refractivity contribution in [3.8, 4) is 0 Å². The molecule has 0 aliphatic heterocycles. The lowest BCUT2D eigenvalue weighted by Crippen LogP contribution is -1.99. The molecule has 0 radical (unpaired) electrons. The molecule has 1 aromatic rings. The van der Waals surface area contributed by atoms with Crippen molar-refractivity contribution in [2.24, 2.45) is 0 Å². The third-order valence-corrected chi connectivity index (χ3v) is 1.76. The van der Waals surface area contributed by atoms with Crippen LogP contribution in [-0.4, -0.2) is 10.8 Å². The molecule has 3 heteroatoms. The Kier molecular flexibility index (Phi) is 2.76. The fraction of sp³-hybridized carbons (Fsp3) is 0.250. The molecule has 0 saturated carbocycles. The fourth-order valence-corrected chi connectivity index (χ4v) is 1.09. The van der Waals surface area contributed by atoms with Gasteiger partial charge < -0.3 is 0 Å². The average molecular weight is 214 g/mol. The van der Waals surface area contributed by atoms with E-state index in [9.17, 15) is 4.79 Å². The van der Waals surface area contributed by atoms with Gasteiger partial charge in [0.05, 0.1) is 0 Å². The molecule has 0 spiro atoms. The summed E-state index contributed by atoms with van der Waals surface area (Å²) >= 11 is 3.20. The van der Waals surface area contributed by atoms with Crippen LogP contribution in [0.4, 0.5) is 0 Å². The first-order valence-electron chi connectivity index (χ1n) is 3.39. The molecule has 2 nitrogen and oxygen atoms in total. The van der Waals surface area contributed by atoms with Gasteiger partial charge in [-0.3, -0.25) is 4.79 Å². The molecular formula is C8H8BrNO. The first kappa shape index (κ1) is 8.40. The largest absolute Gasteiger partial charge is 0.292 e. The molecule has 11 heavy (non-hydrogen) atoms. The monoisotopic (exact) mass is 213 g/mol. The Morgan fingerprint density at radius 3 is 2.91 bits per heavy atom. The summed E-state index contributed by atoms with van der Waals surface area (Å²) < 4.78 is 0.705. The van der Waals surface area contributed by atoms with E-state index in [1.807, 2.05) is 6.92 Å². The van der Waals surface area contributed by atoms with E-state index in [1.54, 1.807) is 18.2 Å². The van der Waals surface area contributed by atoms with Crippen molar-refractivity contribution >= 4 is 21.7 Å². The molecule has 0 aromatic carbocycles. The second kappa shape index (κ2) is 3.62. The zero-order chi connectivity index (χ0) is 8.27. The summed E-state index contributed by atoms with van der Waals surface area (Å²) in [6, 6.07) is 5.32. The van der Waals surface area contributed by atoms with E-state index < -0.39 is 0 Å². The summed E-state index contributed by atoms with van der Waals surface area (Å²) in [4.78, 5) is 15.1. The van der Waals surface area contributed by atoms with Crippen LogP contribution in [0, 0.1) is 0 Å². The maximum absolute atomic E-state index is 11.1. The van der Waals surface area contributed by atoms with Crippen LogP contribution < -0.4 is 0 Å². The van der Waals surface area contributed by atoms with Crippen LogP contribution >= 0.6 is 15.9 Å². The van der Waals surface area contributed by atoms with E-state index in [4.69, 9.17) is 0 Å². The average Bonchev–Trinajstić information content (AvgIpc) is 2.03. The van der Waals surface area contributed by atoms with Crippen LogP contribution in [-0.2, 0) is 0 Å². The smallest absolute Gasteiger partial charge is 0.180 e. The van der Waals surface area contributed by atoms with Crippen LogP contribution in [0.2, 0.25) is 0 Å². The Morgan fingerprint density at radius 1 is 1.64 bits per heavy atom. The minimum Gasteiger partial charge on any atom is -0.292 e.